The summed E-state index contributed by atoms with van der Waals surface area (Å²) in [7, 11) is -4.20. The molecule has 4 aromatic rings. The summed E-state index contributed by atoms with van der Waals surface area (Å²) in [5, 5.41) is 14.3. The van der Waals surface area contributed by atoms with E-state index < -0.39 is 15.6 Å². The molecular weight excluding hydrogens is 480 g/mol. The second-order valence-corrected chi connectivity index (χ2v) is 9.83. The number of sulfonamides is 1. The number of nitrogens with zero attached hydrogens (tertiary/aromatic N) is 2. The third-order valence-corrected chi connectivity index (χ3v) is 7.07. The lowest BCUT2D eigenvalue weighted by Crippen LogP contribution is -2.36. The number of aromatic nitrogens is 1. The fourth-order valence-corrected chi connectivity index (χ4v) is 5.14. The molecule has 0 radical (unpaired) electrons. The maximum atomic E-state index is 13.4. The Kier molecular flexibility index (Phi) is 6.11. The molecule has 0 bridgehead atoms. The van der Waals surface area contributed by atoms with Crippen LogP contribution in [0, 0.1) is 0 Å². The topological polar surface area (TPSA) is 122 Å². The SMILES string of the molecule is CCCNn1c(=O)c(C2=NS(=O)(=O)c3cc(OCc4ccccc4)ccc3N2)c(O)c2ccccc21. The van der Waals surface area contributed by atoms with E-state index in [2.05, 4.69) is 15.1 Å². The summed E-state index contributed by atoms with van der Waals surface area (Å²) in [6.45, 7) is 2.73. The van der Waals surface area contributed by atoms with Crippen LogP contribution in [0.2, 0.25) is 0 Å². The molecule has 0 spiro atoms. The van der Waals surface area contributed by atoms with Crippen LogP contribution >= 0.6 is 0 Å². The maximum Gasteiger partial charge on any atom is 0.286 e. The van der Waals surface area contributed by atoms with E-state index in [1.807, 2.05) is 37.3 Å². The molecule has 9 nitrogen and oxygen atoms in total. The predicted octanol–water partition coefficient (Wildman–Crippen LogP) is 3.80. The third kappa shape index (κ3) is 4.27. The molecule has 5 rings (SSSR count). The molecule has 1 aliphatic rings. The van der Waals surface area contributed by atoms with Gasteiger partial charge in [-0.2, -0.15) is 8.42 Å². The van der Waals surface area contributed by atoms with Crippen molar-refractivity contribution in [3.63, 3.8) is 0 Å². The van der Waals surface area contributed by atoms with E-state index in [0.717, 1.165) is 12.0 Å². The number of benzene rings is 3. The second-order valence-electron chi connectivity index (χ2n) is 8.26. The molecule has 2 heterocycles. The first kappa shape index (κ1) is 23.4. The van der Waals surface area contributed by atoms with Gasteiger partial charge < -0.3 is 20.6 Å². The summed E-state index contributed by atoms with van der Waals surface area (Å²) in [6.07, 6.45) is 0.757. The minimum atomic E-state index is -4.20. The lowest BCUT2D eigenvalue weighted by atomic mass is 10.1. The number of pyridine rings is 1. The molecule has 1 aromatic heterocycles. The quantitative estimate of drug-likeness (QED) is 0.350. The number of anilines is 1. The number of aromatic hydroxyl groups is 1. The van der Waals surface area contributed by atoms with Crippen molar-refractivity contribution < 1.29 is 18.3 Å². The summed E-state index contributed by atoms with van der Waals surface area (Å²) in [5.74, 6) is -0.236. The van der Waals surface area contributed by atoms with Crippen LogP contribution in [0.25, 0.3) is 10.9 Å². The van der Waals surface area contributed by atoms with Crippen molar-refractivity contribution in [2.75, 3.05) is 17.3 Å². The number of hydrogen-bond acceptors (Lipinski definition) is 7. The third-order valence-electron chi connectivity index (χ3n) is 5.75. The average Bonchev–Trinajstić information content (AvgIpc) is 2.88. The Morgan fingerprint density at radius 1 is 1.06 bits per heavy atom. The second kappa shape index (κ2) is 9.38. The van der Waals surface area contributed by atoms with Crippen molar-refractivity contribution in [1.82, 2.24) is 4.68 Å². The smallest absolute Gasteiger partial charge is 0.286 e. The standard InChI is InChI=1S/C26H24N4O5S/c1-2-14-27-30-21-11-7-6-10-19(21)24(31)23(26(30)32)25-28-20-13-12-18(15-22(20)36(33,34)29-25)35-16-17-8-4-3-5-9-17/h3-13,15,27,31H,2,14,16H2,1H3,(H,28,29). The summed E-state index contributed by atoms with van der Waals surface area (Å²) >= 11 is 0. The Morgan fingerprint density at radius 3 is 2.58 bits per heavy atom. The average molecular weight is 505 g/mol. The summed E-state index contributed by atoms with van der Waals surface area (Å²) in [5.41, 5.74) is 3.81. The molecule has 0 amide bonds. The first-order valence-electron chi connectivity index (χ1n) is 11.4. The maximum absolute atomic E-state index is 13.4. The van der Waals surface area contributed by atoms with E-state index in [4.69, 9.17) is 4.74 Å². The Labute approximate surface area is 207 Å². The van der Waals surface area contributed by atoms with Crippen molar-refractivity contribution in [3.8, 4) is 11.5 Å². The van der Waals surface area contributed by atoms with Gasteiger partial charge in [0.05, 0.1) is 11.2 Å². The van der Waals surface area contributed by atoms with Gasteiger partial charge in [0, 0.05) is 18.0 Å². The molecule has 184 valence electrons. The van der Waals surface area contributed by atoms with Crippen molar-refractivity contribution in [2.24, 2.45) is 4.40 Å². The molecule has 0 saturated heterocycles. The molecule has 3 aromatic carbocycles. The predicted molar refractivity (Wildman–Crippen MR) is 139 cm³/mol. The Hall–Kier alpha value is -4.31. The normalized spacial score (nSPS) is 14.0. The van der Waals surface area contributed by atoms with E-state index >= 15 is 0 Å². The molecule has 0 unspecified atom stereocenters. The highest BCUT2D eigenvalue weighted by molar-refractivity contribution is 7.90. The Balaban J connectivity index is 1.55. The largest absolute Gasteiger partial charge is 0.506 e. The number of para-hydroxylation sites is 1. The number of hydrogen-bond donors (Lipinski definition) is 3. The Bertz CT molecular complexity index is 1650. The van der Waals surface area contributed by atoms with Gasteiger partial charge in [0.2, 0.25) is 0 Å². The van der Waals surface area contributed by atoms with Crippen molar-refractivity contribution >= 4 is 32.4 Å². The molecule has 1 aliphatic heterocycles. The van der Waals surface area contributed by atoms with Crippen LogP contribution in [-0.2, 0) is 16.6 Å². The summed E-state index contributed by atoms with van der Waals surface area (Å²) in [6, 6.07) is 20.9. The van der Waals surface area contributed by atoms with Gasteiger partial charge in [-0.05, 0) is 36.2 Å². The van der Waals surface area contributed by atoms with Crippen molar-refractivity contribution in [3.05, 3.63) is 94.3 Å². The lowest BCUT2D eigenvalue weighted by molar-refractivity contribution is 0.305. The highest BCUT2D eigenvalue weighted by atomic mass is 32.2. The zero-order valence-corrected chi connectivity index (χ0v) is 20.2. The van der Waals surface area contributed by atoms with Gasteiger partial charge in [-0.15, -0.1) is 4.40 Å². The van der Waals surface area contributed by atoms with Crippen LogP contribution < -0.4 is 21.0 Å². The number of ether oxygens (including phenoxy) is 1. The van der Waals surface area contributed by atoms with E-state index in [9.17, 15) is 18.3 Å². The molecule has 0 fully saturated rings. The van der Waals surface area contributed by atoms with Crippen molar-refractivity contribution in [1.29, 1.82) is 0 Å². The molecule has 3 N–H and O–H groups in total. The van der Waals surface area contributed by atoms with Crippen LogP contribution in [-0.4, -0.2) is 30.6 Å². The minimum Gasteiger partial charge on any atom is -0.506 e. The van der Waals surface area contributed by atoms with E-state index in [1.165, 1.54) is 10.7 Å². The van der Waals surface area contributed by atoms with Crippen LogP contribution in [0.3, 0.4) is 0 Å². The van der Waals surface area contributed by atoms with Crippen LogP contribution in [0.4, 0.5) is 5.69 Å². The molecule has 0 aliphatic carbocycles. The fourth-order valence-electron chi connectivity index (χ4n) is 4.00. The molecule has 10 heteroatoms. The van der Waals surface area contributed by atoms with Crippen LogP contribution in [0.1, 0.15) is 24.5 Å². The monoisotopic (exact) mass is 504 g/mol. The van der Waals surface area contributed by atoms with E-state index in [-0.39, 0.29) is 34.3 Å². The first-order chi connectivity index (χ1) is 17.4. The van der Waals surface area contributed by atoms with E-state index in [1.54, 1.807) is 36.4 Å². The zero-order chi connectivity index (χ0) is 25.3. The summed E-state index contributed by atoms with van der Waals surface area (Å²) < 4.78 is 37.2. The number of nitrogens with one attached hydrogen (secondary N) is 2. The molecule has 0 atom stereocenters. The fraction of sp³-hybridized carbons (Fsp3) is 0.154. The highest BCUT2D eigenvalue weighted by Gasteiger charge is 2.30. The van der Waals surface area contributed by atoms with Gasteiger partial charge >= 0.3 is 0 Å². The zero-order valence-electron chi connectivity index (χ0n) is 19.4. The van der Waals surface area contributed by atoms with Crippen LogP contribution in [0.5, 0.6) is 11.5 Å². The van der Waals surface area contributed by atoms with Gasteiger partial charge in [0.1, 0.15) is 28.6 Å². The Morgan fingerprint density at radius 2 is 1.81 bits per heavy atom. The lowest BCUT2D eigenvalue weighted by Gasteiger charge is -2.21. The van der Waals surface area contributed by atoms with Gasteiger partial charge in [-0.3, -0.25) is 4.79 Å². The number of fused-ring (bicyclic) bond motifs is 2. The molecule has 36 heavy (non-hydrogen) atoms. The van der Waals surface area contributed by atoms with Gasteiger partial charge in [-0.1, -0.05) is 49.4 Å². The first-order valence-corrected chi connectivity index (χ1v) is 12.9. The number of amidine groups is 1. The minimum absolute atomic E-state index is 0.0819. The van der Waals surface area contributed by atoms with Gasteiger partial charge in [0.15, 0.2) is 5.84 Å². The van der Waals surface area contributed by atoms with Crippen LogP contribution in [0.15, 0.2) is 86.9 Å². The highest BCUT2D eigenvalue weighted by Crippen LogP contribution is 2.34. The number of rotatable bonds is 7. The van der Waals surface area contributed by atoms with Gasteiger partial charge in [0.25, 0.3) is 15.6 Å². The van der Waals surface area contributed by atoms with Crippen molar-refractivity contribution in [2.45, 2.75) is 24.8 Å². The van der Waals surface area contributed by atoms with Gasteiger partial charge in [-0.25, -0.2) is 4.68 Å². The molecular formula is C26H24N4O5S. The van der Waals surface area contributed by atoms with E-state index in [0.29, 0.717) is 23.2 Å². The summed E-state index contributed by atoms with van der Waals surface area (Å²) in [4.78, 5) is 13.3. The molecule has 0 saturated carbocycles.